The first kappa shape index (κ1) is 18.4. The van der Waals surface area contributed by atoms with E-state index in [9.17, 15) is 4.39 Å². The quantitative estimate of drug-likeness (QED) is 0.712. The predicted octanol–water partition coefficient (Wildman–Crippen LogP) is 3.55. The van der Waals surface area contributed by atoms with E-state index in [0.717, 1.165) is 38.5 Å². The van der Waals surface area contributed by atoms with E-state index in [0.29, 0.717) is 17.9 Å². The van der Waals surface area contributed by atoms with Gasteiger partial charge in [0, 0.05) is 50.9 Å². The molecule has 0 atom stereocenters. The second-order valence-electron chi connectivity index (χ2n) is 6.96. The van der Waals surface area contributed by atoms with E-state index in [1.165, 1.54) is 11.6 Å². The fourth-order valence-electron chi connectivity index (χ4n) is 3.42. The summed E-state index contributed by atoms with van der Waals surface area (Å²) in [7, 11) is 0. The molecule has 0 aliphatic carbocycles. The standard InChI is InChI=1S/C22H24FN5/c23-20-9-5-4-8-19(20)15-24-21-14-22(26-17-25-21)28-12-10-27(11-13-28)16-18-6-2-1-3-7-18/h1-9,14,17H,10-13,15-16H2,(H,24,25,26). The Balaban J connectivity index is 1.33. The minimum absolute atomic E-state index is 0.209. The van der Waals surface area contributed by atoms with Crippen LogP contribution in [0.15, 0.2) is 67.0 Å². The van der Waals surface area contributed by atoms with Gasteiger partial charge in [-0.15, -0.1) is 0 Å². The molecule has 4 rings (SSSR count). The minimum atomic E-state index is -0.209. The number of piperazine rings is 1. The van der Waals surface area contributed by atoms with Crippen LogP contribution in [0, 0.1) is 5.82 Å². The first-order valence-corrected chi connectivity index (χ1v) is 9.58. The van der Waals surface area contributed by atoms with Crippen molar-refractivity contribution in [1.82, 2.24) is 14.9 Å². The van der Waals surface area contributed by atoms with Gasteiger partial charge in [-0.05, 0) is 11.6 Å². The van der Waals surface area contributed by atoms with Crippen molar-refractivity contribution in [2.45, 2.75) is 13.1 Å². The van der Waals surface area contributed by atoms with Gasteiger partial charge in [0.25, 0.3) is 0 Å². The molecule has 0 saturated carbocycles. The lowest BCUT2D eigenvalue weighted by molar-refractivity contribution is 0.249. The van der Waals surface area contributed by atoms with Gasteiger partial charge < -0.3 is 10.2 Å². The van der Waals surface area contributed by atoms with Gasteiger partial charge in [-0.25, -0.2) is 14.4 Å². The molecule has 1 fully saturated rings. The van der Waals surface area contributed by atoms with Gasteiger partial charge in [-0.1, -0.05) is 48.5 Å². The highest BCUT2D eigenvalue weighted by Gasteiger charge is 2.18. The zero-order valence-electron chi connectivity index (χ0n) is 15.8. The number of hydrogen-bond acceptors (Lipinski definition) is 5. The number of nitrogens with zero attached hydrogens (tertiary/aromatic N) is 4. The summed E-state index contributed by atoms with van der Waals surface area (Å²) < 4.78 is 13.8. The molecule has 3 aromatic rings. The van der Waals surface area contributed by atoms with E-state index in [-0.39, 0.29) is 5.82 Å². The number of anilines is 2. The van der Waals surface area contributed by atoms with Crippen LogP contribution in [0.3, 0.4) is 0 Å². The van der Waals surface area contributed by atoms with E-state index in [4.69, 9.17) is 0 Å². The summed E-state index contributed by atoms with van der Waals surface area (Å²) in [6.07, 6.45) is 1.56. The Morgan fingerprint density at radius 2 is 1.64 bits per heavy atom. The van der Waals surface area contributed by atoms with Gasteiger partial charge in [0.05, 0.1) is 0 Å². The molecule has 0 unspecified atom stereocenters. The fraction of sp³-hybridized carbons (Fsp3) is 0.273. The minimum Gasteiger partial charge on any atom is -0.366 e. The molecule has 2 aromatic carbocycles. The van der Waals surface area contributed by atoms with Crippen molar-refractivity contribution in [2.75, 3.05) is 36.4 Å². The number of hydrogen-bond donors (Lipinski definition) is 1. The number of rotatable bonds is 6. The van der Waals surface area contributed by atoms with E-state index in [1.807, 2.05) is 18.2 Å². The second kappa shape index (κ2) is 8.80. The summed E-state index contributed by atoms with van der Waals surface area (Å²) >= 11 is 0. The van der Waals surface area contributed by atoms with E-state index in [2.05, 4.69) is 49.4 Å². The number of benzene rings is 2. The van der Waals surface area contributed by atoms with Crippen LogP contribution in [0.2, 0.25) is 0 Å². The molecule has 1 aromatic heterocycles. The zero-order chi connectivity index (χ0) is 19.2. The zero-order valence-corrected chi connectivity index (χ0v) is 15.8. The summed E-state index contributed by atoms with van der Waals surface area (Å²) in [5.41, 5.74) is 1.97. The molecule has 1 aliphatic rings. The topological polar surface area (TPSA) is 44.3 Å². The fourth-order valence-corrected chi connectivity index (χ4v) is 3.42. The van der Waals surface area contributed by atoms with Gasteiger partial charge in [0.2, 0.25) is 0 Å². The Bertz CT molecular complexity index is 894. The molecule has 144 valence electrons. The van der Waals surface area contributed by atoms with Crippen LogP contribution in [0.25, 0.3) is 0 Å². The highest BCUT2D eigenvalue weighted by atomic mass is 19.1. The lowest BCUT2D eigenvalue weighted by atomic mass is 10.2. The summed E-state index contributed by atoms with van der Waals surface area (Å²) in [4.78, 5) is 13.4. The molecule has 0 amide bonds. The third kappa shape index (κ3) is 4.64. The number of aromatic nitrogens is 2. The Hall–Kier alpha value is -2.99. The van der Waals surface area contributed by atoms with Crippen LogP contribution in [0.5, 0.6) is 0 Å². The average molecular weight is 377 g/mol. The van der Waals surface area contributed by atoms with Crippen molar-refractivity contribution in [2.24, 2.45) is 0 Å². The highest BCUT2D eigenvalue weighted by molar-refractivity contribution is 5.49. The molecule has 0 radical (unpaired) electrons. The first-order chi connectivity index (χ1) is 13.8. The van der Waals surface area contributed by atoms with Gasteiger partial charge in [0.1, 0.15) is 23.8 Å². The largest absolute Gasteiger partial charge is 0.366 e. The second-order valence-corrected chi connectivity index (χ2v) is 6.96. The average Bonchev–Trinajstić information content (AvgIpc) is 2.75. The van der Waals surface area contributed by atoms with Crippen LogP contribution in [0.1, 0.15) is 11.1 Å². The maximum Gasteiger partial charge on any atom is 0.134 e. The lowest BCUT2D eigenvalue weighted by Gasteiger charge is -2.35. The van der Waals surface area contributed by atoms with E-state index >= 15 is 0 Å². The normalized spacial score (nSPS) is 14.8. The number of nitrogens with one attached hydrogen (secondary N) is 1. The Morgan fingerprint density at radius 1 is 0.893 bits per heavy atom. The molecule has 1 N–H and O–H groups in total. The van der Waals surface area contributed by atoms with Gasteiger partial charge in [0.15, 0.2) is 0 Å². The third-order valence-corrected chi connectivity index (χ3v) is 5.02. The van der Waals surface area contributed by atoms with Gasteiger partial charge in [-0.2, -0.15) is 0 Å². The maximum atomic E-state index is 13.8. The van der Waals surface area contributed by atoms with Crippen LogP contribution in [-0.4, -0.2) is 41.0 Å². The summed E-state index contributed by atoms with van der Waals surface area (Å²) in [6.45, 7) is 5.23. The SMILES string of the molecule is Fc1ccccc1CNc1cc(N2CCN(Cc3ccccc3)CC2)ncn1. The van der Waals surface area contributed by atoms with Gasteiger partial charge in [-0.3, -0.25) is 4.90 Å². The van der Waals surface area contributed by atoms with Crippen LogP contribution >= 0.6 is 0 Å². The monoisotopic (exact) mass is 377 g/mol. The van der Waals surface area contributed by atoms with Crippen molar-refractivity contribution in [3.8, 4) is 0 Å². The Kier molecular flexibility index (Phi) is 5.77. The predicted molar refractivity (Wildman–Crippen MR) is 110 cm³/mol. The first-order valence-electron chi connectivity index (χ1n) is 9.58. The molecule has 2 heterocycles. The molecule has 28 heavy (non-hydrogen) atoms. The molecule has 0 bridgehead atoms. The van der Waals surface area contributed by atoms with Crippen molar-refractivity contribution in [3.63, 3.8) is 0 Å². The third-order valence-electron chi connectivity index (χ3n) is 5.02. The summed E-state index contributed by atoms with van der Waals surface area (Å²) in [5, 5.41) is 3.19. The summed E-state index contributed by atoms with van der Waals surface area (Å²) in [6, 6.07) is 19.3. The molecule has 1 aliphatic heterocycles. The Labute approximate surface area is 164 Å². The number of halogens is 1. The van der Waals surface area contributed by atoms with Crippen LogP contribution in [0.4, 0.5) is 16.0 Å². The van der Waals surface area contributed by atoms with E-state index in [1.54, 1.807) is 18.5 Å². The summed E-state index contributed by atoms with van der Waals surface area (Å²) in [5.74, 6) is 1.41. The lowest BCUT2D eigenvalue weighted by Crippen LogP contribution is -2.46. The molecular weight excluding hydrogens is 353 g/mol. The van der Waals surface area contributed by atoms with Crippen LogP contribution in [-0.2, 0) is 13.1 Å². The Morgan fingerprint density at radius 3 is 2.43 bits per heavy atom. The van der Waals surface area contributed by atoms with Crippen LogP contribution < -0.4 is 10.2 Å². The molecule has 1 saturated heterocycles. The van der Waals surface area contributed by atoms with Gasteiger partial charge >= 0.3 is 0 Å². The highest BCUT2D eigenvalue weighted by Crippen LogP contribution is 2.18. The maximum absolute atomic E-state index is 13.8. The van der Waals surface area contributed by atoms with E-state index < -0.39 is 0 Å². The molecule has 0 spiro atoms. The molecule has 5 nitrogen and oxygen atoms in total. The van der Waals surface area contributed by atoms with Crippen molar-refractivity contribution >= 4 is 11.6 Å². The van der Waals surface area contributed by atoms with Crippen molar-refractivity contribution < 1.29 is 4.39 Å². The van der Waals surface area contributed by atoms with Crippen molar-refractivity contribution in [1.29, 1.82) is 0 Å². The molecule has 6 heteroatoms. The smallest absolute Gasteiger partial charge is 0.134 e. The molecular formula is C22H24FN5. The van der Waals surface area contributed by atoms with Crippen molar-refractivity contribution in [3.05, 3.63) is 83.9 Å².